The highest BCUT2D eigenvalue weighted by Crippen LogP contribution is 2.38. The molecule has 1 amide bonds. The van der Waals surface area contributed by atoms with Crippen molar-refractivity contribution in [1.29, 1.82) is 0 Å². The third-order valence-corrected chi connectivity index (χ3v) is 3.12. The Morgan fingerprint density at radius 3 is 2.75 bits per heavy atom. The van der Waals surface area contributed by atoms with Crippen LogP contribution in [0.2, 0.25) is 0 Å². The first-order valence-corrected chi connectivity index (χ1v) is 5.57. The second-order valence-corrected chi connectivity index (χ2v) is 4.60. The summed E-state index contributed by atoms with van der Waals surface area (Å²) in [7, 11) is 0. The number of aromatic nitrogens is 1. The van der Waals surface area contributed by atoms with Crippen LogP contribution in [0.15, 0.2) is 24.5 Å². The van der Waals surface area contributed by atoms with E-state index in [1.807, 2.05) is 19.1 Å². The van der Waals surface area contributed by atoms with Gasteiger partial charge in [0.05, 0.1) is 5.54 Å². The van der Waals surface area contributed by atoms with Crippen molar-refractivity contribution in [1.82, 2.24) is 10.3 Å². The molecule has 1 atom stereocenters. The predicted octanol–water partition coefficient (Wildman–Crippen LogP) is 0.825. The Kier molecular flexibility index (Phi) is 2.92. The molecule has 2 rings (SSSR count). The molecule has 1 aromatic heterocycles. The minimum atomic E-state index is -0.715. The molecular formula is C12H17N3O. The van der Waals surface area contributed by atoms with Crippen LogP contribution in [0.5, 0.6) is 0 Å². The molecule has 0 aromatic carbocycles. The maximum atomic E-state index is 11.9. The molecule has 0 radical (unpaired) electrons. The van der Waals surface area contributed by atoms with E-state index in [0.717, 1.165) is 18.4 Å². The summed E-state index contributed by atoms with van der Waals surface area (Å²) in [6.07, 6.45) is 5.55. The van der Waals surface area contributed by atoms with E-state index < -0.39 is 5.54 Å². The van der Waals surface area contributed by atoms with Gasteiger partial charge in [0.1, 0.15) is 0 Å². The molecule has 4 nitrogen and oxygen atoms in total. The molecule has 16 heavy (non-hydrogen) atoms. The van der Waals surface area contributed by atoms with Crippen molar-refractivity contribution in [3.8, 4) is 0 Å². The minimum absolute atomic E-state index is 0.0631. The average Bonchev–Trinajstić information content (AvgIpc) is 3.11. The van der Waals surface area contributed by atoms with Gasteiger partial charge >= 0.3 is 0 Å². The highest BCUT2D eigenvalue weighted by molar-refractivity contribution is 5.86. The fraction of sp³-hybridized carbons (Fsp3) is 0.500. The Morgan fingerprint density at radius 1 is 1.56 bits per heavy atom. The summed E-state index contributed by atoms with van der Waals surface area (Å²) >= 11 is 0. The number of pyridine rings is 1. The first kappa shape index (κ1) is 11.1. The Labute approximate surface area is 95.3 Å². The Bertz CT molecular complexity index is 371. The van der Waals surface area contributed by atoms with Crippen LogP contribution >= 0.6 is 0 Å². The van der Waals surface area contributed by atoms with E-state index in [0.29, 0.717) is 12.5 Å². The molecule has 1 fully saturated rings. The van der Waals surface area contributed by atoms with E-state index in [1.165, 1.54) is 0 Å². The van der Waals surface area contributed by atoms with Gasteiger partial charge in [-0.15, -0.1) is 0 Å². The first-order valence-electron chi connectivity index (χ1n) is 5.57. The molecule has 4 heteroatoms. The van der Waals surface area contributed by atoms with E-state index in [9.17, 15) is 4.79 Å². The first-order chi connectivity index (χ1) is 7.60. The van der Waals surface area contributed by atoms with Gasteiger partial charge in [0.25, 0.3) is 0 Å². The second-order valence-electron chi connectivity index (χ2n) is 4.60. The van der Waals surface area contributed by atoms with Gasteiger partial charge < -0.3 is 11.1 Å². The molecule has 3 N–H and O–H groups in total. The minimum Gasteiger partial charge on any atom is -0.350 e. The van der Waals surface area contributed by atoms with Gasteiger partial charge in [-0.3, -0.25) is 9.78 Å². The quantitative estimate of drug-likeness (QED) is 0.788. The zero-order chi connectivity index (χ0) is 11.6. The summed E-state index contributed by atoms with van der Waals surface area (Å²) < 4.78 is 0. The molecule has 0 saturated heterocycles. The lowest BCUT2D eigenvalue weighted by Gasteiger charge is -2.23. The maximum absolute atomic E-state index is 11.9. The molecule has 1 heterocycles. The Hall–Kier alpha value is -1.42. The van der Waals surface area contributed by atoms with Crippen molar-refractivity contribution >= 4 is 5.91 Å². The van der Waals surface area contributed by atoms with E-state index >= 15 is 0 Å². The highest BCUT2D eigenvalue weighted by atomic mass is 16.2. The third-order valence-electron chi connectivity index (χ3n) is 3.12. The summed E-state index contributed by atoms with van der Waals surface area (Å²) in [5.74, 6) is 0.289. The molecule has 0 bridgehead atoms. The van der Waals surface area contributed by atoms with Crippen molar-refractivity contribution in [2.45, 2.75) is 31.8 Å². The molecule has 1 aromatic rings. The number of rotatable bonds is 4. The third kappa shape index (κ3) is 2.39. The monoisotopic (exact) mass is 219 g/mol. The number of hydrogen-bond donors (Lipinski definition) is 2. The average molecular weight is 219 g/mol. The molecule has 0 aliphatic heterocycles. The fourth-order valence-corrected chi connectivity index (χ4v) is 1.74. The standard InChI is InChI=1S/C12H17N3O/c1-12(13,10-2-3-10)11(16)15-8-9-4-6-14-7-5-9/h4-7,10H,2-3,8,13H2,1H3,(H,15,16). The number of carbonyl (C=O) groups excluding carboxylic acids is 1. The second kappa shape index (κ2) is 4.22. The van der Waals surface area contributed by atoms with Gasteiger partial charge in [0.15, 0.2) is 0 Å². The number of carbonyl (C=O) groups is 1. The topological polar surface area (TPSA) is 68.0 Å². The zero-order valence-corrected chi connectivity index (χ0v) is 9.44. The lowest BCUT2D eigenvalue weighted by molar-refractivity contribution is -0.126. The molecule has 1 unspecified atom stereocenters. The Morgan fingerprint density at radius 2 is 2.19 bits per heavy atom. The summed E-state index contributed by atoms with van der Waals surface area (Å²) in [5, 5.41) is 2.87. The number of nitrogens with zero attached hydrogens (tertiary/aromatic N) is 1. The van der Waals surface area contributed by atoms with E-state index in [2.05, 4.69) is 10.3 Å². The van der Waals surface area contributed by atoms with Gasteiger partial charge in [0.2, 0.25) is 5.91 Å². The number of amides is 1. The lowest BCUT2D eigenvalue weighted by atomic mass is 9.96. The van der Waals surface area contributed by atoms with Crippen LogP contribution in [-0.4, -0.2) is 16.4 Å². The van der Waals surface area contributed by atoms with Gasteiger partial charge in [-0.05, 0) is 43.4 Å². The summed E-state index contributed by atoms with van der Waals surface area (Å²) in [6.45, 7) is 2.33. The summed E-state index contributed by atoms with van der Waals surface area (Å²) in [6, 6.07) is 3.76. The summed E-state index contributed by atoms with van der Waals surface area (Å²) in [4.78, 5) is 15.8. The van der Waals surface area contributed by atoms with Gasteiger partial charge in [-0.2, -0.15) is 0 Å². The van der Waals surface area contributed by atoms with E-state index in [4.69, 9.17) is 5.73 Å². The molecule has 1 aliphatic rings. The van der Waals surface area contributed by atoms with Crippen LogP contribution in [0.4, 0.5) is 0 Å². The zero-order valence-electron chi connectivity index (χ0n) is 9.44. The Balaban J connectivity index is 1.88. The number of nitrogens with two attached hydrogens (primary N) is 1. The molecule has 1 aliphatic carbocycles. The number of hydrogen-bond acceptors (Lipinski definition) is 3. The van der Waals surface area contributed by atoms with Gasteiger partial charge in [0, 0.05) is 18.9 Å². The largest absolute Gasteiger partial charge is 0.350 e. The fourth-order valence-electron chi connectivity index (χ4n) is 1.74. The highest BCUT2D eigenvalue weighted by Gasteiger charge is 2.43. The number of nitrogens with one attached hydrogen (secondary N) is 1. The van der Waals surface area contributed by atoms with Crippen molar-refractivity contribution in [2.24, 2.45) is 11.7 Å². The van der Waals surface area contributed by atoms with Gasteiger partial charge in [-0.1, -0.05) is 0 Å². The van der Waals surface area contributed by atoms with Crippen LogP contribution in [0.3, 0.4) is 0 Å². The van der Waals surface area contributed by atoms with Crippen LogP contribution in [-0.2, 0) is 11.3 Å². The summed E-state index contributed by atoms with van der Waals surface area (Å²) in [5.41, 5.74) is 6.33. The van der Waals surface area contributed by atoms with Gasteiger partial charge in [-0.25, -0.2) is 0 Å². The van der Waals surface area contributed by atoms with E-state index in [-0.39, 0.29) is 5.91 Å². The van der Waals surface area contributed by atoms with Crippen LogP contribution in [0, 0.1) is 5.92 Å². The van der Waals surface area contributed by atoms with Crippen molar-refractivity contribution in [3.05, 3.63) is 30.1 Å². The predicted molar refractivity (Wildman–Crippen MR) is 61.4 cm³/mol. The normalized spacial score (nSPS) is 18.9. The van der Waals surface area contributed by atoms with Crippen molar-refractivity contribution in [3.63, 3.8) is 0 Å². The van der Waals surface area contributed by atoms with E-state index in [1.54, 1.807) is 12.4 Å². The van der Waals surface area contributed by atoms with Crippen LogP contribution in [0.1, 0.15) is 25.3 Å². The van der Waals surface area contributed by atoms with Crippen molar-refractivity contribution < 1.29 is 4.79 Å². The van der Waals surface area contributed by atoms with Crippen LogP contribution in [0.25, 0.3) is 0 Å². The van der Waals surface area contributed by atoms with Crippen LogP contribution < -0.4 is 11.1 Å². The molecule has 86 valence electrons. The molecule has 1 saturated carbocycles. The van der Waals surface area contributed by atoms with Crippen molar-refractivity contribution in [2.75, 3.05) is 0 Å². The lowest BCUT2D eigenvalue weighted by Crippen LogP contribution is -2.53. The molecule has 0 spiro atoms. The smallest absolute Gasteiger partial charge is 0.240 e. The maximum Gasteiger partial charge on any atom is 0.240 e. The SMILES string of the molecule is CC(N)(C(=O)NCc1ccncc1)C1CC1. The molecular weight excluding hydrogens is 202 g/mol.